The summed E-state index contributed by atoms with van der Waals surface area (Å²) in [6.45, 7) is 0. The van der Waals surface area contributed by atoms with Gasteiger partial charge in [0.25, 0.3) is 0 Å². The molecule has 0 aliphatic carbocycles. The van der Waals surface area contributed by atoms with Crippen LogP contribution in [0, 0.1) is 5.92 Å². The van der Waals surface area contributed by atoms with Gasteiger partial charge in [0, 0.05) is 0 Å². The Morgan fingerprint density at radius 2 is 2.36 bits per heavy atom. The van der Waals surface area contributed by atoms with Crippen molar-refractivity contribution in [2.24, 2.45) is 5.92 Å². The van der Waals surface area contributed by atoms with Crippen molar-refractivity contribution in [3.63, 3.8) is 0 Å². The van der Waals surface area contributed by atoms with Gasteiger partial charge in [-0.2, -0.15) is 11.8 Å². The van der Waals surface area contributed by atoms with Crippen LogP contribution in [0.5, 0.6) is 5.75 Å². The molecular formula is C11H15NOS. The summed E-state index contributed by atoms with van der Waals surface area (Å²) in [5.74, 6) is 3.45. The molecule has 0 radical (unpaired) electrons. The zero-order valence-electron chi connectivity index (χ0n) is 8.07. The van der Waals surface area contributed by atoms with Crippen molar-refractivity contribution in [3.8, 4) is 5.75 Å². The fourth-order valence-corrected chi connectivity index (χ4v) is 3.12. The third kappa shape index (κ3) is 1.98. The van der Waals surface area contributed by atoms with Crippen molar-refractivity contribution in [3.05, 3.63) is 23.8 Å². The lowest BCUT2D eigenvalue weighted by Crippen LogP contribution is -2.05. The molecule has 1 heterocycles. The Labute approximate surface area is 88.5 Å². The van der Waals surface area contributed by atoms with Crippen LogP contribution in [-0.4, -0.2) is 16.6 Å². The maximum Gasteiger partial charge on any atom is 0.138 e. The summed E-state index contributed by atoms with van der Waals surface area (Å²) in [6.07, 6.45) is 2.28. The van der Waals surface area contributed by atoms with E-state index < -0.39 is 0 Å². The van der Waals surface area contributed by atoms with Crippen LogP contribution in [-0.2, 0) is 6.42 Å². The summed E-state index contributed by atoms with van der Waals surface area (Å²) < 4.78 is 0. The van der Waals surface area contributed by atoms with Crippen LogP contribution in [0.1, 0.15) is 12.0 Å². The molecule has 1 atom stereocenters. The summed E-state index contributed by atoms with van der Waals surface area (Å²) in [7, 11) is 0. The van der Waals surface area contributed by atoms with Gasteiger partial charge in [0.1, 0.15) is 5.75 Å². The highest BCUT2D eigenvalue weighted by molar-refractivity contribution is 7.99. The van der Waals surface area contributed by atoms with Crippen LogP contribution in [0.15, 0.2) is 18.2 Å². The summed E-state index contributed by atoms with van der Waals surface area (Å²) in [6, 6.07) is 5.52. The van der Waals surface area contributed by atoms with Crippen LogP contribution in [0.3, 0.4) is 0 Å². The molecule has 3 N–H and O–H groups in total. The first-order chi connectivity index (χ1) is 6.77. The van der Waals surface area contributed by atoms with Crippen LogP contribution in [0.4, 0.5) is 5.69 Å². The van der Waals surface area contributed by atoms with Crippen LogP contribution in [0.25, 0.3) is 0 Å². The normalized spacial score (nSPS) is 21.3. The number of nitrogen functional groups attached to an aromatic ring is 1. The number of para-hydroxylation sites is 1. The molecule has 1 fully saturated rings. The third-order valence-corrected chi connectivity index (χ3v) is 3.94. The SMILES string of the molecule is Nc1c(O)cccc1CC1CCSC1. The third-order valence-electron chi connectivity index (χ3n) is 2.71. The molecule has 3 heteroatoms. The highest BCUT2D eigenvalue weighted by Crippen LogP contribution is 2.31. The highest BCUT2D eigenvalue weighted by atomic mass is 32.2. The van der Waals surface area contributed by atoms with Gasteiger partial charge in [-0.05, 0) is 41.9 Å². The minimum absolute atomic E-state index is 0.216. The molecule has 0 aromatic heterocycles. The molecule has 2 rings (SSSR count). The van der Waals surface area contributed by atoms with Crippen molar-refractivity contribution in [1.82, 2.24) is 0 Å². The number of nitrogens with two attached hydrogens (primary N) is 1. The molecule has 76 valence electrons. The van der Waals surface area contributed by atoms with Gasteiger partial charge in [0.2, 0.25) is 0 Å². The second-order valence-electron chi connectivity index (χ2n) is 3.78. The summed E-state index contributed by atoms with van der Waals surface area (Å²) in [4.78, 5) is 0. The molecule has 0 spiro atoms. The molecule has 1 unspecified atom stereocenters. The molecule has 14 heavy (non-hydrogen) atoms. The van der Waals surface area contributed by atoms with E-state index in [2.05, 4.69) is 0 Å². The van der Waals surface area contributed by atoms with Gasteiger partial charge < -0.3 is 10.8 Å². The summed E-state index contributed by atoms with van der Waals surface area (Å²) in [5.41, 5.74) is 7.46. The number of rotatable bonds is 2. The lowest BCUT2D eigenvalue weighted by atomic mass is 9.97. The average Bonchev–Trinajstić information content (AvgIpc) is 2.66. The van der Waals surface area contributed by atoms with E-state index in [1.54, 1.807) is 6.07 Å². The maximum atomic E-state index is 9.44. The maximum absolute atomic E-state index is 9.44. The minimum Gasteiger partial charge on any atom is -0.506 e. The molecule has 0 bridgehead atoms. The standard InChI is InChI=1S/C11H15NOS/c12-11-9(2-1-3-10(11)13)6-8-4-5-14-7-8/h1-3,8,13H,4-7,12H2. The van der Waals surface area contributed by atoms with E-state index in [0.29, 0.717) is 5.69 Å². The van der Waals surface area contributed by atoms with Crippen molar-refractivity contribution in [1.29, 1.82) is 0 Å². The number of hydrogen-bond donors (Lipinski definition) is 2. The zero-order valence-corrected chi connectivity index (χ0v) is 8.89. The fraction of sp³-hybridized carbons (Fsp3) is 0.455. The van der Waals surface area contributed by atoms with E-state index in [1.165, 1.54) is 17.9 Å². The topological polar surface area (TPSA) is 46.2 Å². The number of phenols is 1. The van der Waals surface area contributed by atoms with E-state index in [1.807, 2.05) is 23.9 Å². The van der Waals surface area contributed by atoms with Gasteiger partial charge in [0.05, 0.1) is 5.69 Å². The Bertz CT molecular complexity index is 321. The average molecular weight is 209 g/mol. The van der Waals surface area contributed by atoms with Gasteiger partial charge >= 0.3 is 0 Å². The summed E-state index contributed by atoms with van der Waals surface area (Å²) in [5, 5.41) is 9.44. The van der Waals surface area contributed by atoms with Crippen LogP contribution >= 0.6 is 11.8 Å². The second kappa shape index (κ2) is 4.13. The predicted molar refractivity (Wildman–Crippen MR) is 61.7 cm³/mol. The van der Waals surface area contributed by atoms with Gasteiger partial charge in [-0.25, -0.2) is 0 Å². The Hall–Kier alpha value is -0.830. The number of thioether (sulfide) groups is 1. The van der Waals surface area contributed by atoms with E-state index >= 15 is 0 Å². The van der Waals surface area contributed by atoms with E-state index in [9.17, 15) is 5.11 Å². The Balaban J connectivity index is 2.11. The minimum atomic E-state index is 0.216. The van der Waals surface area contributed by atoms with Crippen molar-refractivity contribution >= 4 is 17.4 Å². The highest BCUT2D eigenvalue weighted by Gasteiger charge is 2.17. The molecule has 1 aromatic carbocycles. The first-order valence-corrected chi connectivity index (χ1v) is 6.07. The lowest BCUT2D eigenvalue weighted by molar-refractivity contribution is 0.476. The van der Waals surface area contributed by atoms with Crippen molar-refractivity contribution in [2.45, 2.75) is 12.8 Å². The fourth-order valence-electron chi connectivity index (χ4n) is 1.83. The van der Waals surface area contributed by atoms with E-state index in [4.69, 9.17) is 5.73 Å². The van der Waals surface area contributed by atoms with E-state index in [0.717, 1.165) is 17.9 Å². The molecule has 1 aromatic rings. The van der Waals surface area contributed by atoms with Crippen LogP contribution < -0.4 is 5.73 Å². The Morgan fingerprint density at radius 1 is 1.50 bits per heavy atom. The summed E-state index contributed by atoms with van der Waals surface area (Å²) >= 11 is 2.01. The molecule has 1 aliphatic heterocycles. The number of benzene rings is 1. The second-order valence-corrected chi connectivity index (χ2v) is 4.93. The quantitative estimate of drug-likeness (QED) is 0.580. The number of hydrogen-bond acceptors (Lipinski definition) is 3. The van der Waals surface area contributed by atoms with Gasteiger partial charge in [0.15, 0.2) is 0 Å². The number of anilines is 1. The monoisotopic (exact) mass is 209 g/mol. The molecule has 1 saturated heterocycles. The number of phenolic OH excluding ortho intramolecular Hbond substituents is 1. The molecule has 0 amide bonds. The van der Waals surface area contributed by atoms with Crippen molar-refractivity contribution < 1.29 is 5.11 Å². The van der Waals surface area contributed by atoms with Gasteiger partial charge in [-0.15, -0.1) is 0 Å². The predicted octanol–water partition coefficient (Wildman–Crippen LogP) is 2.27. The van der Waals surface area contributed by atoms with Gasteiger partial charge in [-0.1, -0.05) is 12.1 Å². The Morgan fingerprint density at radius 3 is 3.07 bits per heavy atom. The van der Waals surface area contributed by atoms with E-state index in [-0.39, 0.29) is 5.75 Å². The first kappa shape index (κ1) is 9.71. The Kier molecular flexibility index (Phi) is 2.87. The largest absolute Gasteiger partial charge is 0.506 e. The molecule has 1 aliphatic rings. The molecular weight excluding hydrogens is 194 g/mol. The first-order valence-electron chi connectivity index (χ1n) is 4.91. The molecule has 0 saturated carbocycles. The van der Waals surface area contributed by atoms with Crippen LogP contribution in [0.2, 0.25) is 0 Å². The molecule has 2 nitrogen and oxygen atoms in total. The van der Waals surface area contributed by atoms with Gasteiger partial charge in [-0.3, -0.25) is 0 Å². The zero-order chi connectivity index (χ0) is 9.97. The smallest absolute Gasteiger partial charge is 0.138 e. The van der Waals surface area contributed by atoms with Crippen molar-refractivity contribution in [2.75, 3.05) is 17.2 Å². The lowest BCUT2D eigenvalue weighted by Gasteiger charge is -2.11. The number of aromatic hydroxyl groups is 1.